The van der Waals surface area contributed by atoms with Gasteiger partial charge in [0.15, 0.2) is 11.5 Å². The van der Waals surface area contributed by atoms with Crippen molar-refractivity contribution in [1.29, 1.82) is 0 Å². The molecule has 0 aliphatic carbocycles. The van der Waals surface area contributed by atoms with Gasteiger partial charge in [-0.2, -0.15) is 0 Å². The topological polar surface area (TPSA) is 44.2 Å². The van der Waals surface area contributed by atoms with Gasteiger partial charge in [-0.15, -0.1) is 0 Å². The lowest BCUT2D eigenvalue weighted by atomic mass is 10.1. The summed E-state index contributed by atoms with van der Waals surface area (Å²) < 4.78 is 11.3. The molecule has 1 aromatic carbocycles. The van der Waals surface area contributed by atoms with Crippen molar-refractivity contribution < 1.29 is 9.47 Å². The summed E-state index contributed by atoms with van der Waals surface area (Å²) >= 11 is 6.03. The summed E-state index contributed by atoms with van der Waals surface area (Å²) in [6.45, 7) is 3.26. The van der Waals surface area contributed by atoms with Crippen LogP contribution in [-0.4, -0.2) is 23.2 Å². The monoisotopic (exact) mass is 276 g/mol. The van der Waals surface area contributed by atoms with Gasteiger partial charge in [0.25, 0.3) is 0 Å². The molecule has 2 heterocycles. The largest absolute Gasteiger partial charge is 0.490 e. The second kappa shape index (κ2) is 5.05. The highest BCUT2D eigenvalue weighted by Crippen LogP contribution is 2.35. The van der Waals surface area contributed by atoms with E-state index in [-0.39, 0.29) is 0 Å². The Kier molecular flexibility index (Phi) is 3.25. The first kappa shape index (κ1) is 12.2. The molecule has 0 radical (unpaired) electrons. The van der Waals surface area contributed by atoms with Crippen LogP contribution >= 0.6 is 11.6 Å². The number of hydrogen-bond donors (Lipinski definition) is 0. The Labute approximate surface area is 116 Å². The highest BCUT2D eigenvalue weighted by Gasteiger charge is 2.14. The summed E-state index contributed by atoms with van der Waals surface area (Å²) in [5, 5.41) is 0.470. The van der Waals surface area contributed by atoms with E-state index in [2.05, 4.69) is 9.97 Å². The van der Waals surface area contributed by atoms with Gasteiger partial charge in [-0.1, -0.05) is 11.6 Å². The van der Waals surface area contributed by atoms with Crippen LogP contribution in [0, 0.1) is 6.92 Å². The fourth-order valence-corrected chi connectivity index (χ4v) is 2.16. The van der Waals surface area contributed by atoms with Crippen LogP contribution in [0.25, 0.3) is 11.3 Å². The number of rotatable bonds is 1. The number of benzene rings is 1. The lowest BCUT2D eigenvalue weighted by Crippen LogP contribution is -1.97. The van der Waals surface area contributed by atoms with E-state index < -0.39 is 0 Å². The number of aromatic nitrogens is 2. The highest BCUT2D eigenvalue weighted by molar-refractivity contribution is 6.30. The van der Waals surface area contributed by atoms with E-state index >= 15 is 0 Å². The molecule has 1 aliphatic heterocycles. The molecular formula is C14H13ClN2O2. The van der Waals surface area contributed by atoms with Gasteiger partial charge in [-0.3, -0.25) is 0 Å². The van der Waals surface area contributed by atoms with E-state index in [0.29, 0.717) is 18.4 Å². The maximum absolute atomic E-state index is 6.03. The normalized spacial score (nSPS) is 14.0. The molecule has 5 heteroatoms. The molecule has 4 nitrogen and oxygen atoms in total. The first-order chi connectivity index (χ1) is 9.25. The fourth-order valence-electron chi connectivity index (χ4n) is 2.03. The maximum atomic E-state index is 6.03. The van der Waals surface area contributed by atoms with E-state index in [4.69, 9.17) is 21.1 Å². The highest BCUT2D eigenvalue weighted by atomic mass is 35.5. The fraction of sp³-hybridized carbons (Fsp3) is 0.286. The molecule has 98 valence electrons. The third-order valence-corrected chi connectivity index (χ3v) is 3.42. The molecule has 0 spiro atoms. The molecule has 2 aromatic rings. The number of nitrogens with zero attached hydrogens (tertiary/aromatic N) is 2. The molecule has 0 amide bonds. The van der Waals surface area contributed by atoms with E-state index in [1.54, 1.807) is 0 Å². The molecule has 19 heavy (non-hydrogen) atoms. The van der Waals surface area contributed by atoms with Gasteiger partial charge in [-0.05, 0) is 25.1 Å². The molecule has 1 aromatic heterocycles. The van der Waals surface area contributed by atoms with Crippen molar-refractivity contribution in [3.05, 3.63) is 35.2 Å². The van der Waals surface area contributed by atoms with Crippen LogP contribution in [0.1, 0.15) is 12.0 Å². The molecular weight excluding hydrogens is 264 g/mol. The Bertz CT molecular complexity index is 616. The average Bonchev–Trinajstić information content (AvgIpc) is 2.66. The molecule has 0 saturated carbocycles. The number of fused-ring (bicyclic) bond motifs is 1. The molecule has 1 aliphatic rings. The Morgan fingerprint density at radius 3 is 2.74 bits per heavy atom. The second-order valence-electron chi connectivity index (χ2n) is 4.35. The number of hydrogen-bond acceptors (Lipinski definition) is 4. The van der Waals surface area contributed by atoms with Gasteiger partial charge in [0.05, 0.1) is 18.9 Å². The van der Waals surface area contributed by atoms with Crippen LogP contribution in [0.15, 0.2) is 24.5 Å². The van der Waals surface area contributed by atoms with E-state index in [0.717, 1.165) is 34.7 Å². The number of ether oxygens (including phenoxy) is 2. The van der Waals surface area contributed by atoms with Crippen molar-refractivity contribution >= 4 is 11.6 Å². The zero-order valence-electron chi connectivity index (χ0n) is 10.5. The predicted octanol–water partition coefficient (Wildman–Crippen LogP) is 3.27. The van der Waals surface area contributed by atoms with E-state index in [1.165, 1.54) is 6.33 Å². The van der Waals surface area contributed by atoms with Crippen LogP contribution < -0.4 is 9.47 Å². The Morgan fingerprint density at radius 2 is 1.89 bits per heavy atom. The molecule has 0 saturated heterocycles. The van der Waals surface area contributed by atoms with Gasteiger partial charge in [0, 0.05) is 17.5 Å². The van der Waals surface area contributed by atoms with Crippen LogP contribution in [0.2, 0.25) is 5.15 Å². The summed E-state index contributed by atoms with van der Waals surface area (Å²) in [5.41, 5.74) is 2.63. The molecule has 0 bridgehead atoms. The molecule has 0 atom stereocenters. The van der Waals surface area contributed by atoms with Gasteiger partial charge in [0.2, 0.25) is 0 Å². The third-order valence-electron chi connectivity index (χ3n) is 3.04. The van der Waals surface area contributed by atoms with Gasteiger partial charge in [-0.25, -0.2) is 9.97 Å². The van der Waals surface area contributed by atoms with Crippen LogP contribution in [-0.2, 0) is 0 Å². The quantitative estimate of drug-likeness (QED) is 0.750. The standard InChI is InChI=1S/C14H13ClN2O2/c1-9-13(16-8-17-14(9)15)10-3-4-11-12(7-10)19-6-2-5-18-11/h3-4,7-8H,2,5-6H2,1H3. The molecule has 3 rings (SSSR count). The Balaban J connectivity index is 2.06. The smallest absolute Gasteiger partial charge is 0.161 e. The lowest BCUT2D eigenvalue weighted by molar-refractivity contribution is 0.297. The first-order valence-electron chi connectivity index (χ1n) is 6.13. The molecule has 0 N–H and O–H groups in total. The zero-order valence-corrected chi connectivity index (χ0v) is 11.3. The van der Waals surface area contributed by atoms with Crippen molar-refractivity contribution in [3.8, 4) is 22.8 Å². The Morgan fingerprint density at radius 1 is 1.11 bits per heavy atom. The van der Waals surface area contributed by atoms with Crippen LogP contribution in [0.5, 0.6) is 11.5 Å². The van der Waals surface area contributed by atoms with Gasteiger partial charge < -0.3 is 9.47 Å². The van der Waals surface area contributed by atoms with Crippen LogP contribution in [0.3, 0.4) is 0 Å². The number of halogens is 1. The minimum atomic E-state index is 0.470. The van der Waals surface area contributed by atoms with Gasteiger partial charge >= 0.3 is 0 Å². The SMILES string of the molecule is Cc1c(Cl)ncnc1-c1ccc2c(c1)OCCCO2. The van der Waals surface area contributed by atoms with Crippen molar-refractivity contribution in [2.45, 2.75) is 13.3 Å². The van der Waals surface area contributed by atoms with Crippen LogP contribution in [0.4, 0.5) is 0 Å². The van der Waals surface area contributed by atoms with Crippen molar-refractivity contribution in [2.75, 3.05) is 13.2 Å². The summed E-state index contributed by atoms with van der Waals surface area (Å²) in [4.78, 5) is 8.26. The molecule has 0 unspecified atom stereocenters. The minimum Gasteiger partial charge on any atom is -0.490 e. The van der Waals surface area contributed by atoms with E-state index in [1.807, 2.05) is 25.1 Å². The maximum Gasteiger partial charge on any atom is 0.161 e. The predicted molar refractivity (Wildman–Crippen MR) is 72.8 cm³/mol. The van der Waals surface area contributed by atoms with Crippen molar-refractivity contribution in [3.63, 3.8) is 0 Å². The summed E-state index contributed by atoms with van der Waals surface area (Å²) in [7, 11) is 0. The lowest BCUT2D eigenvalue weighted by Gasteiger charge is -2.10. The second-order valence-corrected chi connectivity index (χ2v) is 4.71. The summed E-state index contributed by atoms with van der Waals surface area (Å²) in [6.07, 6.45) is 2.36. The summed E-state index contributed by atoms with van der Waals surface area (Å²) in [6, 6.07) is 5.80. The van der Waals surface area contributed by atoms with Crippen molar-refractivity contribution in [2.24, 2.45) is 0 Å². The molecule has 0 fully saturated rings. The third kappa shape index (κ3) is 2.36. The average molecular weight is 277 g/mol. The summed E-state index contributed by atoms with van der Waals surface area (Å²) in [5.74, 6) is 1.53. The Hall–Kier alpha value is -1.81. The minimum absolute atomic E-state index is 0.470. The van der Waals surface area contributed by atoms with Gasteiger partial charge in [0.1, 0.15) is 11.5 Å². The van der Waals surface area contributed by atoms with E-state index in [9.17, 15) is 0 Å². The van der Waals surface area contributed by atoms with Crippen molar-refractivity contribution in [1.82, 2.24) is 9.97 Å². The zero-order chi connectivity index (χ0) is 13.2. The first-order valence-corrected chi connectivity index (χ1v) is 6.50.